The van der Waals surface area contributed by atoms with Crippen LogP contribution in [0.2, 0.25) is 36.3 Å². The Labute approximate surface area is 289 Å². The minimum atomic E-state index is -4.45. The van der Waals surface area contributed by atoms with Gasteiger partial charge in [0.2, 0.25) is 0 Å². The van der Waals surface area contributed by atoms with E-state index in [0.717, 1.165) is 5.56 Å². The molecule has 1 aliphatic heterocycles. The van der Waals surface area contributed by atoms with E-state index < -0.39 is 77.1 Å². The first-order valence-electron chi connectivity index (χ1n) is 16.1. The van der Waals surface area contributed by atoms with E-state index in [-0.39, 0.29) is 21.5 Å². The lowest BCUT2D eigenvalue weighted by molar-refractivity contribution is -0.387. The molecule has 0 aliphatic carbocycles. The van der Waals surface area contributed by atoms with Crippen LogP contribution in [0.15, 0.2) is 70.5 Å². The molecular formula is C33H52N2O9S2Si2. The Hall–Kier alpha value is -2.25. The van der Waals surface area contributed by atoms with E-state index in [1.54, 1.807) is 18.2 Å². The van der Waals surface area contributed by atoms with Gasteiger partial charge < -0.3 is 8.85 Å². The molecule has 0 amide bonds. The van der Waals surface area contributed by atoms with Crippen LogP contribution in [0.1, 0.15) is 53.5 Å². The molecule has 0 saturated heterocycles. The number of rotatable bonds is 13. The third kappa shape index (κ3) is 9.10. The lowest BCUT2D eigenvalue weighted by Crippen LogP contribution is -2.60. The van der Waals surface area contributed by atoms with E-state index in [1.165, 1.54) is 40.7 Å². The van der Waals surface area contributed by atoms with Gasteiger partial charge in [0.15, 0.2) is 21.5 Å². The second-order valence-corrected chi connectivity index (χ2v) is 28.3. The smallest absolute Gasteiger partial charge is 0.297 e. The number of nitrogens with zero attached hydrogens (tertiary/aromatic N) is 2. The topological polar surface area (TPSA) is 142 Å². The lowest BCUT2D eigenvalue weighted by Gasteiger charge is -2.48. The highest BCUT2D eigenvalue weighted by Gasteiger charge is 2.50. The minimum absolute atomic E-state index is 0.0146. The molecule has 15 heteroatoms. The second kappa shape index (κ2) is 14.5. The van der Waals surface area contributed by atoms with Gasteiger partial charge in [-0.15, -0.1) is 0 Å². The number of nitro benzene ring substituents is 1. The van der Waals surface area contributed by atoms with Gasteiger partial charge in [-0.05, 0) is 67.8 Å². The van der Waals surface area contributed by atoms with E-state index in [1.807, 2.05) is 39.2 Å². The molecule has 1 aliphatic rings. The van der Waals surface area contributed by atoms with E-state index in [9.17, 15) is 26.9 Å². The van der Waals surface area contributed by atoms with Crippen LogP contribution in [-0.2, 0) is 33.2 Å². The number of para-hydroxylation sites is 1. The molecule has 0 spiro atoms. The van der Waals surface area contributed by atoms with Crippen molar-refractivity contribution in [3.05, 3.63) is 76.4 Å². The van der Waals surface area contributed by atoms with Crippen LogP contribution < -0.4 is 0 Å². The largest absolute Gasteiger partial charge is 0.409 e. The van der Waals surface area contributed by atoms with Crippen molar-refractivity contribution in [1.82, 2.24) is 4.31 Å². The molecule has 268 valence electrons. The monoisotopic (exact) mass is 740 g/mol. The predicted octanol–water partition coefficient (Wildman–Crippen LogP) is 7.41. The molecule has 0 unspecified atom stereocenters. The third-order valence-corrected chi connectivity index (χ3v) is 21.9. The van der Waals surface area contributed by atoms with Crippen molar-refractivity contribution in [1.29, 1.82) is 0 Å². The van der Waals surface area contributed by atoms with E-state index in [4.69, 9.17) is 13.0 Å². The van der Waals surface area contributed by atoms with Crippen LogP contribution >= 0.6 is 0 Å². The Bertz CT molecular complexity index is 1700. The molecular weight excluding hydrogens is 689 g/mol. The number of benzene rings is 2. The van der Waals surface area contributed by atoms with E-state index in [0.29, 0.717) is 6.42 Å². The van der Waals surface area contributed by atoms with E-state index >= 15 is 0 Å². The first-order chi connectivity index (χ1) is 21.8. The average Bonchev–Trinajstić information content (AvgIpc) is 2.97. The van der Waals surface area contributed by atoms with Gasteiger partial charge in [0.25, 0.3) is 25.8 Å². The lowest BCUT2D eigenvalue weighted by atomic mass is 10.0. The van der Waals surface area contributed by atoms with Crippen LogP contribution in [0.25, 0.3) is 0 Å². The van der Waals surface area contributed by atoms with Crippen molar-refractivity contribution >= 4 is 42.5 Å². The minimum Gasteiger partial charge on any atom is -0.409 e. The third-order valence-electron chi connectivity index (χ3n) is 9.72. The molecule has 48 heavy (non-hydrogen) atoms. The summed E-state index contributed by atoms with van der Waals surface area (Å²) in [5.74, 6) is 0. The molecule has 3 atom stereocenters. The highest BCUT2D eigenvalue weighted by Crippen LogP contribution is 2.42. The Morgan fingerprint density at radius 3 is 1.98 bits per heavy atom. The molecule has 0 saturated carbocycles. The number of aryl methyl sites for hydroxylation is 1. The molecule has 0 bridgehead atoms. The quantitative estimate of drug-likeness (QED) is 0.0675. The summed E-state index contributed by atoms with van der Waals surface area (Å²) < 4.78 is 76.7. The maximum absolute atomic E-state index is 14.4. The number of hydrogen-bond donors (Lipinski definition) is 0. The second-order valence-electron chi connectivity index (χ2n) is 15.4. The van der Waals surface area contributed by atoms with Gasteiger partial charge in [0.1, 0.15) is 0 Å². The zero-order valence-corrected chi connectivity index (χ0v) is 33.6. The average molecular weight is 741 g/mol. The van der Waals surface area contributed by atoms with Gasteiger partial charge in [-0.2, -0.15) is 12.7 Å². The summed E-state index contributed by atoms with van der Waals surface area (Å²) in [4.78, 5) is 10.8. The fourth-order valence-electron chi connectivity index (χ4n) is 4.75. The molecule has 0 fully saturated rings. The van der Waals surface area contributed by atoms with Gasteiger partial charge in [-0.1, -0.05) is 83.5 Å². The summed E-state index contributed by atoms with van der Waals surface area (Å²) in [7, 11) is -14.1. The Kier molecular flexibility index (Phi) is 12.2. The van der Waals surface area contributed by atoms with Crippen molar-refractivity contribution in [3.8, 4) is 0 Å². The molecule has 2 aromatic rings. The molecule has 11 nitrogen and oxygen atoms in total. The summed E-state index contributed by atoms with van der Waals surface area (Å²) in [5.41, 5.74) is 0.356. The molecule has 2 aromatic carbocycles. The van der Waals surface area contributed by atoms with Crippen LogP contribution in [0.4, 0.5) is 5.69 Å². The highest BCUT2D eigenvalue weighted by atomic mass is 32.2. The first kappa shape index (κ1) is 40.2. The Balaban J connectivity index is 2.24. The van der Waals surface area contributed by atoms with Gasteiger partial charge in [-0.3, -0.25) is 14.3 Å². The standard InChI is InChI=1S/C33H52N2O9S2Si2/c1-25-19-21-26(22-20-25)46(40,41)42-24-29(43-47(8,9)32(2,3)4)31(44-48(10,11)33(5,6)7)28-17-14-15-23-34(28)45(38,39)30-18-13-12-16-27(30)35(36)37/h12-14,16-22,28-29,31H,15,23-24H2,1-11H3/t28-,29-,31+/m1/s1. The van der Waals surface area contributed by atoms with Crippen LogP contribution in [0, 0.1) is 17.0 Å². The fraction of sp³-hybridized carbons (Fsp3) is 0.576. The Morgan fingerprint density at radius 1 is 0.896 bits per heavy atom. The molecule has 0 radical (unpaired) electrons. The van der Waals surface area contributed by atoms with Crippen molar-refractivity contribution in [2.24, 2.45) is 0 Å². The maximum atomic E-state index is 14.4. The molecule has 0 aromatic heterocycles. The van der Waals surface area contributed by atoms with Crippen LogP contribution in [-0.4, -0.2) is 74.1 Å². The van der Waals surface area contributed by atoms with Crippen LogP contribution in [0.3, 0.4) is 0 Å². The zero-order chi connectivity index (χ0) is 36.5. The van der Waals surface area contributed by atoms with Crippen molar-refractivity contribution in [3.63, 3.8) is 0 Å². The Morgan fingerprint density at radius 2 is 1.44 bits per heavy atom. The van der Waals surface area contributed by atoms with Gasteiger partial charge in [0.05, 0.1) is 34.7 Å². The van der Waals surface area contributed by atoms with Crippen molar-refractivity contribution < 1.29 is 34.8 Å². The molecule has 1 heterocycles. The fourth-order valence-corrected chi connectivity index (χ4v) is 10.1. The summed E-state index contributed by atoms with van der Waals surface area (Å²) in [5, 5.41) is 11.3. The molecule has 3 rings (SSSR count). The number of hydrogen-bond acceptors (Lipinski definition) is 9. The predicted molar refractivity (Wildman–Crippen MR) is 193 cm³/mol. The van der Waals surface area contributed by atoms with Gasteiger partial charge >= 0.3 is 0 Å². The zero-order valence-electron chi connectivity index (χ0n) is 30.0. The normalized spacial score (nSPS) is 18.4. The van der Waals surface area contributed by atoms with Crippen molar-refractivity contribution in [2.75, 3.05) is 13.2 Å². The number of nitro groups is 1. The molecule has 0 N–H and O–H groups in total. The van der Waals surface area contributed by atoms with E-state index in [2.05, 4.69) is 41.5 Å². The van der Waals surface area contributed by atoms with Gasteiger partial charge in [0, 0.05) is 12.6 Å². The van der Waals surface area contributed by atoms with Gasteiger partial charge in [-0.25, -0.2) is 8.42 Å². The van der Waals surface area contributed by atoms with Crippen molar-refractivity contribution in [2.45, 2.75) is 119 Å². The maximum Gasteiger partial charge on any atom is 0.297 e. The summed E-state index contributed by atoms with van der Waals surface area (Å²) >= 11 is 0. The van der Waals surface area contributed by atoms with Crippen LogP contribution in [0.5, 0.6) is 0 Å². The first-order valence-corrected chi connectivity index (χ1v) is 24.7. The summed E-state index contributed by atoms with van der Waals surface area (Å²) in [6.07, 6.45) is 1.89. The number of sulfonamides is 1. The summed E-state index contributed by atoms with van der Waals surface area (Å²) in [6, 6.07) is 10.6. The summed E-state index contributed by atoms with van der Waals surface area (Å²) in [6.45, 7) is 21.9. The highest BCUT2D eigenvalue weighted by molar-refractivity contribution is 7.89. The SMILES string of the molecule is Cc1ccc(S(=O)(=O)OC[C@@H](O[Si](C)(C)C(C)(C)C)[C@@H](O[Si](C)(C)C(C)(C)C)[C@H]2C=CCCN2S(=O)(=O)c2ccccc2[N+](=O)[O-])cc1.